The summed E-state index contributed by atoms with van der Waals surface area (Å²) in [6.45, 7) is 0. The first-order valence-electron chi connectivity index (χ1n) is 7.98. The van der Waals surface area contributed by atoms with Crippen LogP contribution >= 0.6 is 11.3 Å². The maximum Gasteiger partial charge on any atom is 0.269 e. The highest BCUT2D eigenvalue weighted by atomic mass is 32.1. The lowest BCUT2D eigenvalue weighted by atomic mass is 9.89. The molecule has 3 rings (SSSR count). The van der Waals surface area contributed by atoms with Gasteiger partial charge in [-0.25, -0.2) is 0 Å². The van der Waals surface area contributed by atoms with Gasteiger partial charge < -0.3 is 5.32 Å². The van der Waals surface area contributed by atoms with Crippen molar-refractivity contribution < 1.29 is 9.72 Å². The first-order chi connectivity index (χ1) is 11.6. The van der Waals surface area contributed by atoms with Gasteiger partial charge in [-0.15, -0.1) is 10.2 Å². The first-order valence-corrected chi connectivity index (χ1v) is 8.80. The number of amides is 1. The molecule has 1 saturated carbocycles. The maximum atomic E-state index is 12.2. The summed E-state index contributed by atoms with van der Waals surface area (Å²) in [4.78, 5) is 22.4. The number of nitro groups is 1. The Balaban J connectivity index is 1.58. The molecule has 1 aliphatic rings. The Labute approximate surface area is 143 Å². The topological polar surface area (TPSA) is 98.0 Å². The first kappa shape index (κ1) is 16.5. The van der Waals surface area contributed by atoms with E-state index in [2.05, 4.69) is 15.5 Å². The van der Waals surface area contributed by atoms with Crippen LogP contribution < -0.4 is 5.32 Å². The number of nitrogens with one attached hydrogen (secondary N) is 1. The van der Waals surface area contributed by atoms with Crippen molar-refractivity contribution in [2.45, 2.75) is 38.5 Å². The van der Waals surface area contributed by atoms with E-state index in [1.807, 2.05) is 0 Å². The Kier molecular flexibility index (Phi) is 5.14. The summed E-state index contributed by atoms with van der Waals surface area (Å²) in [5.41, 5.74) is 0.985. The van der Waals surface area contributed by atoms with E-state index >= 15 is 0 Å². The summed E-state index contributed by atoms with van der Waals surface area (Å²) in [5.74, 6) is 0.119. The highest BCUT2D eigenvalue weighted by Gasteiger charge is 2.22. The Morgan fingerprint density at radius 1 is 1.21 bits per heavy atom. The smallest absolute Gasteiger partial charge is 0.269 e. The largest absolute Gasteiger partial charge is 0.300 e. The molecule has 0 radical (unpaired) electrons. The average molecular weight is 346 g/mol. The van der Waals surface area contributed by atoms with Crippen LogP contribution in [-0.4, -0.2) is 21.0 Å². The summed E-state index contributed by atoms with van der Waals surface area (Å²) in [5, 5.41) is 22.9. The molecule has 1 fully saturated rings. The van der Waals surface area contributed by atoms with E-state index in [0.29, 0.717) is 11.6 Å². The van der Waals surface area contributed by atoms with E-state index in [9.17, 15) is 14.9 Å². The van der Waals surface area contributed by atoms with Gasteiger partial charge in [0.2, 0.25) is 11.0 Å². The van der Waals surface area contributed by atoms with Gasteiger partial charge in [0.25, 0.3) is 5.69 Å². The highest BCUT2D eigenvalue weighted by molar-refractivity contribution is 7.15. The zero-order valence-electron chi connectivity index (χ0n) is 13.1. The van der Waals surface area contributed by atoms with Crippen molar-refractivity contribution in [3.05, 3.63) is 45.0 Å². The molecule has 0 spiro atoms. The van der Waals surface area contributed by atoms with Crippen LogP contribution in [0.15, 0.2) is 24.3 Å². The molecule has 1 N–H and O–H groups in total. The van der Waals surface area contributed by atoms with Gasteiger partial charge in [0.1, 0.15) is 5.01 Å². The molecule has 0 atom stereocenters. The molecule has 8 heteroatoms. The van der Waals surface area contributed by atoms with Gasteiger partial charge in [-0.1, -0.05) is 42.7 Å². The lowest BCUT2D eigenvalue weighted by Gasteiger charge is -2.19. The number of carbonyl (C=O) groups is 1. The minimum absolute atomic E-state index is 0.0349. The Morgan fingerprint density at radius 2 is 1.92 bits per heavy atom. The summed E-state index contributed by atoms with van der Waals surface area (Å²) in [7, 11) is 0. The van der Waals surface area contributed by atoms with E-state index in [4.69, 9.17) is 0 Å². The second-order valence-corrected chi connectivity index (χ2v) is 6.99. The Hall–Kier alpha value is -2.35. The molecule has 1 aliphatic carbocycles. The molecule has 7 nitrogen and oxygen atoms in total. The molecule has 1 amide bonds. The second kappa shape index (κ2) is 7.48. The third-order valence-corrected chi connectivity index (χ3v) is 5.01. The highest BCUT2D eigenvalue weighted by Crippen LogP contribution is 2.26. The molecule has 0 bridgehead atoms. The fourth-order valence-corrected chi connectivity index (χ4v) is 3.63. The average Bonchev–Trinajstić information content (AvgIpc) is 3.03. The van der Waals surface area contributed by atoms with Crippen molar-refractivity contribution in [3.8, 4) is 0 Å². The number of anilines is 1. The molecule has 1 aromatic heterocycles. The number of hydrogen-bond acceptors (Lipinski definition) is 6. The van der Waals surface area contributed by atoms with Crippen LogP contribution in [0.3, 0.4) is 0 Å². The van der Waals surface area contributed by atoms with Crippen molar-refractivity contribution in [1.29, 1.82) is 0 Å². The van der Waals surface area contributed by atoms with Crippen molar-refractivity contribution >= 4 is 28.1 Å². The second-order valence-electron chi connectivity index (χ2n) is 5.93. The minimum atomic E-state index is -0.423. The van der Waals surface area contributed by atoms with Crippen molar-refractivity contribution in [2.75, 3.05) is 5.32 Å². The monoisotopic (exact) mass is 346 g/mol. The minimum Gasteiger partial charge on any atom is -0.300 e. The standard InChI is InChI=1S/C16H18N4O3S/c21-15(12-4-2-1-3-5-12)17-16-19-18-14(24-16)10-11-6-8-13(9-7-11)20(22)23/h6-9,12H,1-5,10H2,(H,17,19,21). The molecule has 1 aromatic carbocycles. The number of carbonyl (C=O) groups excluding carboxylic acids is 1. The van der Waals surface area contributed by atoms with Crippen LogP contribution in [0, 0.1) is 16.0 Å². The zero-order valence-corrected chi connectivity index (χ0v) is 13.9. The van der Waals surface area contributed by atoms with Gasteiger partial charge in [-0.2, -0.15) is 0 Å². The van der Waals surface area contributed by atoms with Crippen LogP contribution in [-0.2, 0) is 11.2 Å². The summed E-state index contributed by atoms with van der Waals surface area (Å²) < 4.78 is 0. The van der Waals surface area contributed by atoms with Crippen LogP contribution in [0.2, 0.25) is 0 Å². The van der Waals surface area contributed by atoms with Crippen molar-refractivity contribution in [3.63, 3.8) is 0 Å². The zero-order chi connectivity index (χ0) is 16.9. The lowest BCUT2D eigenvalue weighted by Crippen LogP contribution is -2.24. The van der Waals surface area contributed by atoms with E-state index < -0.39 is 4.92 Å². The summed E-state index contributed by atoms with van der Waals surface area (Å²) in [6, 6.07) is 6.36. The number of aromatic nitrogens is 2. The summed E-state index contributed by atoms with van der Waals surface area (Å²) in [6.07, 6.45) is 5.86. The number of hydrogen-bond donors (Lipinski definition) is 1. The normalized spacial score (nSPS) is 15.2. The number of nitrogens with zero attached hydrogens (tertiary/aromatic N) is 3. The SMILES string of the molecule is O=C(Nc1nnc(Cc2ccc([N+](=O)[O-])cc2)s1)C1CCCCC1. The van der Waals surface area contributed by atoms with Gasteiger partial charge in [-0.05, 0) is 18.4 Å². The number of rotatable bonds is 5. The number of non-ortho nitro benzene ring substituents is 1. The predicted molar refractivity (Wildman–Crippen MR) is 91.0 cm³/mol. The number of benzene rings is 1. The predicted octanol–water partition coefficient (Wildman–Crippen LogP) is 3.56. The Morgan fingerprint density at radius 3 is 2.58 bits per heavy atom. The van der Waals surface area contributed by atoms with E-state index in [0.717, 1.165) is 36.3 Å². The maximum absolute atomic E-state index is 12.2. The molecule has 126 valence electrons. The van der Waals surface area contributed by atoms with Gasteiger partial charge in [0.15, 0.2) is 0 Å². The molecule has 0 unspecified atom stereocenters. The molecular formula is C16H18N4O3S. The van der Waals surface area contributed by atoms with Gasteiger partial charge in [-0.3, -0.25) is 14.9 Å². The molecule has 2 aromatic rings. The van der Waals surface area contributed by atoms with Crippen LogP contribution in [0.5, 0.6) is 0 Å². The molecule has 0 saturated heterocycles. The molecular weight excluding hydrogens is 328 g/mol. The number of nitro benzene ring substituents is 1. The van der Waals surface area contributed by atoms with Crippen LogP contribution in [0.1, 0.15) is 42.7 Å². The van der Waals surface area contributed by atoms with E-state index in [-0.39, 0.29) is 17.5 Å². The molecule has 1 heterocycles. The van der Waals surface area contributed by atoms with E-state index in [1.54, 1.807) is 12.1 Å². The fraction of sp³-hybridized carbons (Fsp3) is 0.438. The van der Waals surface area contributed by atoms with Crippen LogP contribution in [0.4, 0.5) is 10.8 Å². The van der Waals surface area contributed by atoms with Gasteiger partial charge in [0, 0.05) is 24.5 Å². The Bertz CT molecular complexity index is 723. The van der Waals surface area contributed by atoms with Crippen molar-refractivity contribution in [2.24, 2.45) is 5.92 Å². The third-order valence-electron chi connectivity index (χ3n) is 4.18. The summed E-state index contributed by atoms with van der Waals surface area (Å²) >= 11 is 1.34. The quantitative estimate of drug-likeness (QED) is 0.659. The van der Waals surface area contributed by atoms with Gasteiger partial charge in [0.05, 0.1) is 4.92 Å². The molecule has 0 aliphatic heterocycles. The van der Waals surface area contributed by atoms with Gasteiger partial charge >= 0.3 is 0 Å². The third kappa shape index (κ3) is 4.14. The fourth-order valence-electron chi connectivity index (χ4n) is 2.86. The van der Waals surface area contributed by atoms with E-state index in [1.165, 1.54) is 29.9 Å². The lowest BCUT2D eigenvalue weighted by molar-refractivity contribution is -0.384. The molecule has 24 heavy (non-hydrogen) atoms. The van der Waals surface area contributed by atoms with Crippen molar-refractivity contribution in [1.82, 2.24) is 10.2 Å². The van der Waals surface area contributed by atoms with Crippen LogP contribution in [0.25, 0.3) is 0 Å².